The standard InChI is InChI=1S/C22H23N5O2S3/c1-5-10-26-21(29)18-15(16-7-6-11-30-16)12-31-20(18)25-22(26)32-14(4)19(28)24-17-8-9-23-27(17)13(2)3/h5-9,11-14H,1,10H2,2-4H3,(H,24,28). The summed E-state index contributed by atoms with van der Waals surface area (Å²) in [6.45, 7) is 9.91. The minimum absolute atomic E-state index is 0.118. The normalized spacial score (nSPS) is 12.4. The first-order chi connectivity index (χ1) is 15.4. The first-order valence-electron chi connectivity index (χ1n) is 10.1. The Morgan fingerprint density at radius 3 is 2.81 bits per heavy atom. The van der Waals surface area contributed by atoms with Crippen LogP contribution in [0.1, 0.15) is 26.8 Å². The number of hydrogen-bond acceptors (Lipinski definition) is 7. The van der Waals surface area contributed by atoms with E-state index in [0.29, 0.717) is 27.7 Å². The zero-order chi connectivity index (χ0) is 22.8. The molecule has 4 aromatic rings. The van der Waals surface area contributed by atoms with Gasteiger partial charge in [-0.05, 0) is 32.2 Å². The fraction of sp³-hybridized carbons (Fsp3) is 0.273. The van der Waals surface area contributed by atoms with Crippen molar-refractivity contribution in [2.45, 2.75) is 43.8 Å². The lowest BCUT2D eigenvalue weighted by Crippen LogP contribution is -2.27. The van der Waals surface area contributed by atoms with Crippen LogP contribution >= 0.6 is 34.4 Å². The summed E-state index contributed by atoms with van der Waals surface area (Å²) in [6.07, 6.45) is 3.33. The molecule has 0 aliphatic heterocycles. The summed E-state index contributed by atoms with van der Waals surface area (Å²) in [4.78, 5) is 32.7. The number of aromatic nitrogens is 4. The minimum Gasteiger partial charge on any atom is -0.310 e. The van der Waals surface area contributed by atoms with Gasteiger partial charge in [-0.15, -0.1) is 29.3 Å². The summed E-state index contributed by atoms with van der Waals surface area (Å²) >= 11 is 4.30. The highest BCUT2D eigenvalue weighted by molar-refractivity contribution is 8.00. The van der Waals surface area contributed by atoms with Gasteiger partial charge in [-0.2, -0.15) is 5.10 Å². The van der Waals surface area contributed by atoms with Crippen LogP contribution in [0.25, 0.3) is 20.7 Å². The van der Waals surface area contributed by atoms with Crippen molar-refractivity contribution in [2.75, 3.05) is 5.32 Å². The molecule has 0 saturated carbocycles. The third-order valence-electron chi connectivity index (χ3n) is 4.82. The van der Waals surface area contributed by atoms with E-state index in [-0.39, 0.29) is 17.5 Å². The first kappa shape index (κ1) is 22.5. The Kier molecular flexibility index (Phi) is 6.63. The van der Waals surface area contributed by atoms with E-state index < -0.39 is 5.25 Å². The van der Waals surface area contributed by atoms with Crippen molar-refractivity contribution >= 4 is 56.4 Å². The molecule has 4 heterocycles. The van der Waals surface area contributed by atoms with Gasteiger partial charge in [-0.3, -0.25) is 14.2 Å². The van der Waals surface area contributed by atoms with Gasteiger partial charge in [0.25, 0.3) is 5.56 Å². The maximum atomic E-state index is 13.4. The molecule has 32 heavy (non-hydrogen) atoms. The maximum Gasteiger partial charge on any atom is 0.263 e. The van der Waals surface area contributed by atoms with E-state index in [0.717, 1.165) is 10.4 Å². The third kappa shape index (κ3) is 4.30. The summed E-state index contributed by atoms with van der Waals surface area (Å²) in [7, 11) is 0. The smallest absolute Gasteiger partial charge is 0.263 e. The molecule has 1 unspecified atom stereocenters. The van der Waals surface area contributed by atoms with E-state index in [1.807, 2.05) is 36.7 Å². The highest BCUT2D eigenvalue weighted by Crippen LogP contribution is 2.35. The average molecular weight is 486 g/mol. The number of rotatable bonds is 8. The summed E-state index contributed by atoms with van der Waals surface area (Å²) in [6, 6.07) is 5.86. The largest absolute Gasteiger partial charge is 0.310 e. The quantitative estimate of drug-likeness (QED) is 0.209. The number of allylic oxidation sites excluding steroid dienone is 1. The Morgan fingerprint density at radius 1 is 1.31 bits per heavy atom. The number of hydrogen-bond donors (Lipinski definition) is 1. The van der Waals surface area contributed by atoms with Crippen LogP contribution in [-0.4, -0.2) is 30.5 Å². The minimum atomic E-state index is -0.470. The average Bonchev–Trinajstić information content (AvgIpc) is 3.50. The van der Waals surface area contributed by atoms with Crippen molar-refractivity contribution in [1.82, 2.24) is 19.3 Å². The van der Waals surface area contributed by atoms with Gasteiger partial charge in [0, 0.05) is 34.5 Å². The second-order valence-electron chi connectivity index (χ2n) is 7.41. The number of nitrogens with zero attached hydrogens (tertiary/aromatic N) is 4. The Balaban J connectivity index is 1.65. The van der Waals surface area contributed by atoms with Crippen molar-refractivity contribution in [3.05, 3.63) is 58.2 Å². The molecule has 1 amide bonds. The second-order valence-corrected chi connectivity index (χ2v) is 10.5. The number of fused-ring (bicyclic) bond motifs is 1. The molecule has 0 bridgehead atoms. The van der Waals surface area contributed by atoms with Crippen LogP contribution in [-0.2, 0) is 11.3 Å². The number of carbonyl (C=O) groups excluding carboxylic acids is 1. The van der Waals surface area contributed by atoms with Gasteiger partial charge >= 0.3 is 0 Å². The Labute approximate surface area is 197 Å². The zero-order valence-electron chi connectivity index (χ0n) is 17.9. The lowest BCUT2D eigenvalue weighted by Gasteiger charge is -2.16. The Hall–Kier alpha value is -2.69. The van der Waals surface area contributed by atoms with Crippen LogP contribution in [0.4, 0.5) is 5.82 Å². The highest BCUT2D eigenvalue weighted by atomic mass is 32.2. The van der Waals surface area contributed by atoms with Gasteiger partial charge in [0.15, 0.2) is 5.16 Å². The number of amides is 1. The van der Waals surface area contributed by atoms with Crippen LogP contribution in [0.2, 0.25) is 0 Å². The van der Waals surface area contributed by atoms with Gasteiger partial charge in [-0.1, -0.05) is 23.9 Å². The molecular weight excluding hydrogens is 462 g/mol. The number of anilines is 1. The molecule has 0 aliphatic rings. The molecule has 7 nitrogen and oxygen atoms in total. The number of carbonyl (C=O) groups is 1. The van der Waals surface area contributed by atoms with Crippen LogP contribution in [0.5, 0.6) is 0 Å². The van der Waals surface area contributed by atoms with Gasteiger partial charge in [0.1, 0.15) is 10.6 Å². The summed E-state index contributed by atoms with van der Waals surface area (Å²) in [5.41, 5.74) is 0.784. The summed E-state index contributed by atoms with van der Waals surface area (Å²) in [5.74, 6) is 0.463. The first-order valence-corrected chi connectivity index (χ1v) is 12.7. The molecule has 0 radical (unpaired) electrons. The van der Waals surface area contributed by atoms with Crippen molar-refractivity contribution in [1.29, 1.82) is 0 Å². The van der Waals surface area contributed by atoms with E-state index >= 15 is 0 Å². The molecule has 4 rings (SSSR count). The fourth-order valence-corrected chi connectivity index (χ4v) is 5.98. The predicted octanol–water partition coefficient (Wildman–Crippen LogP) is 5.27. The zero-order valence-corrected chi connectivity index (χ0v) is 20.4. The SMILES string of the molecule is C=CCn1c(SC(C)C(=O)Nc2ccnn2C(C)C)nc2scc(-c3cccs3)c2c1=O. The lowest BCUT2D eigenvalue weighted by atomic mass is 10.2. The van der Waals surface area contributed by atoms with E-state index in [9.17, 15) is 9.59 Å². The molecule has 0 saturated heterocycles. The van der Waals surface area contributed by atoms with Gasteiger partial charge in [0.2, 0.25) is 5.91 Å². The van der Waals surface area contributed by atoms with Gasteiger partial charge in [-0.25, -0.2) is 9.67 Å². The van der Waals surface area contributed by atoms with Crippen LogP contribution in [0.3, 0.4) is 0 Å². The highest BCUT2D eigenvalue weighted by Gasteiger charge is 2.22. The van der Waals surface area contributed by atoms with Crippen LogP contribution in [0.15, 0.2) is 57.8 Å². The number of thioether (sulfide) groups is 1. The molecular formula is C22H23N5O2S3. The Bertz CT molecular complexity index is 1320. The Morgan fingerprint density at radius 2 is 2.12 bits per heavy atom. The third-order valence-corrected chi connectivity index (χ3v) is 7.68. The van der Waals surface area contributed by atoms with E-state index in [1.165, 1.54) is 23.1 Å². The molecule has 0 aromatic carbocycles. The predicted molar refractivity (Wildman–Crippen MR) is 134 cm³/mol. The number of thiophene rings is 2. The van der Waals surface area contributed by atoms with Gasteiger partial charge < -0.3 is 5.32 Å². The molecule has 1 N–H and O–H groups in total. The van der Waals surface area contributed by atoms with E-state index in [4.69, 9.17) is 4.98 Å². The van der Waals surface area contributed by atoms with E-state index in [1.54, 1.807) is 45.8 Å². The van der Waals surface area contributed by atoms with Crippen molar-refractivity contribution in [2.24, 2.45) is 0 Å². The van der Waals surface area contributed by atoms with Crippen LogP contribution < -0.4 is 10.9 Å². The molecule has 0 fully saturated rings. The molecule has 166 valence electrons. The second kappa shape index (κ2) is 9.43. The molecule has 1 atom stereocenters. The topological polar surface area (TPSA) is 81.8 Å². The fourth-order valence-electron chi connectivity index (χ4n) is 3.26. The summed E-state index contributed by atoms with van der Waals surface area (Å²) in [5, 5.41) is 11.8. The summed E-state index contributed by atoms with van der Waals surface area (Å²) < 4.78 is 3.34. The van der Waals surface area contributed by atoms with Crippen molar-refractivity contribution < 1.29 is 4.79 Å². The van der Waals surface area contributed by atoms with Crippen LogP contribution in [0, 0.1) is 0 Å². The van der Waals surface area contributed by atoms with Gasteiger partial charge in [0.05, 0.1) is 16.8 Å². The van der Waals surface area contributed by atoms with Crippen molar-refractivity contribution in [3.8, 4) is 10.4 Å². The monoisotopic (exact) mass is 485 g/mol. The molecule has 4 aromatic heterocycles. The number of nitrogens with one attached hydrogen (secondary N) is 1. The van der Waals surface area contributed by atoms with E-state index in [2.05, 4.69) is 17.0 Å². The lowest BCUT2D eigenvalue weighted by molar-refractivity contribution is -0.115. The molecule has 10 heteroatoms. The maximum absolute atomic E-state index is 13.4. The molecule has 0 spiro atoms. The van der Waals surface area contributed by atoms with Crippen molar-refractivity contribution in [3.63, 3.8) is 0 Å². The molecule has 0 aliphatic carbocycles.